The van der Waals surface area contributed by atoms with Gasteiger partial charge in [0.25, 0.3) is 11.2 Å². The molecule has 1 heterocycles. The van der Waals surface area contributed by atoms with Crippen molar-refractivity contribution in [3.05, 3.63) is 55.9 Å². The van der Waals surface area contributed by atoms with E-state index in [2.05, 4.69) is 10.2 Å². The van der Waals surface area contributed by atoms with Crippen molar-refractivity contribution >= 4 is 17.1 Å². The van der Waals surface area contributed by atoms with E-state index in [4.69, 9.17) is 0 Å². The van der Waals surface area contributed by atoms with E-state index in [1.54, 1.807) is 6.92 Å². The van der Waals surface area contributed by atoms with E-state index in [1.165, 1.54) is 31.2 Å². The van der Waals surface area contributed by atoms with Gasteiger partial charge in [-0.25, -0.2) is 0 Å². The van der Waals surface area contributed by atoms with Crippen LogP contribution in [0.1, 0.15) is 37.4 Å². The molecular formula is C17H17N5O4. The molecule has 2 aromatic rings. The minimum absolute atomic E-state index is 0.0393. The number of azo groups is 1. The average molecular weight is 355 g/mol. The highest BCUT2D eigenvalue weighted by molar-refractivity contribution is 5.57. The number of benzene rings is 1. The number of pyridine rings is 1. The third kappa shape index (κ3) is 3.44. The molecule has 0 radical (unpaired) electrons. The molecule has 0 saturated carbocycles. The second-order valence-electron chi connectivity index (χ2n) is 5.69. The SMILES string of the molecule is CCC(C)n1c(O)c(C#N)c(C)c(N=Nc2ccc([N+](=O)[O-])cc2)c1=O. The lowest BCUT2D eigenvalue weighted by atomic mass is 10.1. The molecule has 0 bridgehead atoms. The number of nitriles is 1. The lowest BCUT2D eigenvalue weighted by molar-refractivity contribution is -0.384. The van der Waals surface area contributed by atoms with Gasteiger partial charge in [-0.15, -0.1) is 5.11 Å². The van der Waals surface area contributed by atoms with Crippen LogP contribution in [-0.4, -0.2) is 14.6 Å². The number of hydrogen-bond acceptors (Lipinski definition) is 7. The first-order chi connectivity index (χ1) is 12.3. The number of nitro groups is 1. The van der Waals surface area contributed by atoms with E-state index in [0.717, 1.165) is 4.57 Å². The smallest absolute Gasteiger partial charge is 0.281 e. The van der Waals surface area contributed by atoms with Crippen LogP contribution in [0.4, 0.5) is 17.1 Å². The molecule has 1 atom stereocenters. The van der Waals surface area contributed by atoms with Crippen molar-refractivity contribution < 1.29 is 10.0 Å². The van der Waals surface area contributed by atoms with Crippen molar-refractivity contribution in [3.63, 3.8) is 0 Å². The highest BCUT2D eigenvalue weighted by Gasteiger charge is 2.21. The van der Waals surface area contributed by atoms with Gasteiger partial charge < -0.3 is 5.11 Å². The van der Waals surface area contributed by atoms with Gasteiger partial charge in [-0.05, 0) is 32.4 Å². The summed E-state index contributed by atoms with van der Waals surface area (Å²) < 4.78 is 1.12. The summed E-state index contributed by atoms with van der Waals surface area (Å²) >= 11 is 0. The molecule has 26 heavy (non-hydrogen) atoms. The number of rotatable bonds is 5. The molecule has 1 unspecified atom stereocenters. The summed E-state index contributed by atoms with van der Waals surface area (Å²) in [4.78, 5) is 22.8. The highest BCUT2D eigenvalue weighted by Crippen LogP contribution is 2.29. The molecule has 9 heteroatoms. The Morgan fingerprint density at radius 1 is 1.35 bits per heavy atom. The molecule has 134 valence electrons. The second-order valence-corrected chi connectivity index (χ2v) is 5.69. The molecule has 0 fully saturated rings. The van der Waals surface area contributed by atoms with Crippen LogP contribution >= 0.6 is 0 Å². The molecule has 9 nitrogen and oxygen atoms in total. The van der Waals surface area contributed by atoms with Crippen molar-refractivity contribution in [1.82, 2.24) is 4.57 Å². The summed E-state index contributed by atoms with van der Waals surface area (Å²) in [5.41, 5.74) is -0.202. The lowest BCUT2D eigenvalue weighted by Crippen LogP contribution is -2.24. The van der Waals surface area contributed by atoms with Crippen molar-refractivity contribution in [1.29, 1.82) is 5.26 Å². The van der Waals surface area contributed by atoms with Crippen LogP contribution in [-0.2, 0) is 0 Å². The molecule has 1 aromatic carbocycles. The average Bonchev–Trinajstić information content (AvgIpc) is 2.62. The zero-order chi connectivity index (χ0) is 19.4. The summed E-state index contributed by atoms with van der Waals surface area (Å²) in [6, 6.07) is 6.90. The van der Waals surface area contributed by atoms with Gasteiger partial charge in [-0.3, -0.25) is 19.5 Å². The Hall–Kier alpha value is -3.54. The van der Waals surface area contributed by atoms with Gasteiger partial charge in [0.2, 0.25) is 5.88 Å². The first-order valence-corrected chi connectivity index (χ1v) is 7.86. The van der Waals surface area contributed by atoms with E-state index >= 15 is 0 Å². The molecule has 0 aliphatic rings. The normalized spacial score (nSPS) is 12.1. The molecule has 0 amide bonds. The van der Waals surface area contributed by atoms with Crippen LogP contribution in [0.2, 0.25) is 0 Å². The molecule has 1 aromatic heterocycles. The molecule has 0 aliphatic carbocycles. The number of non-ortho nitro benzene ring substituents is 1. The summed E-state index contributed by atoms with van der Waals surface area (Å²) in [7, 11) is 0. The summed E-state index contributed by atoms with van der Waals surface area (Å²) in [5, 5.41) is 38.1. The largest absolute Gasteiger partial charge is 0.493 e. The van der Waals surface area contributed by atoms with Crippen molar-refractivity contribution in [2.24, 2.45) is 10.2 Å². The van der Waals surface area contributed by atoms with Crippen molar-refractivity contribution in [2.45, 2.75) is 33.2 Å². The van der Waals surface area contributed by atoms with E-state index in [9.17, 15) is 25.3 Å². The monoisotopic (exact) mass is 355 g/mol. The summed E-state index contributed by atoms with van der Waals surface area (Å²) in [6.45, 7) is 5.10. The number of nitro benzene ring substituents is 1. The predicted octanol–water partition coefficient (Wildman–Crippen LogP) is 4.03. The Balaban J connectivity index is 2.57. The van der Waals surface area contributed by atoms with E-state index in [1.807, 2.05) is 13.0 Å². The van der Waals surface area contributed by atoms with E-state index in [-0.39, 0.29) is 28.5 Å². The van der Waals surface area contributed by atoms with E-state index < -0.39 is 16.4 Å². The van der Waals surface area contributed by atoms with Crippen LogP contribution in [0.3, 0.4) is 0 Å². The fourth-order valence-electron chi connectivity index (χ4n) is 2.37. The third-order valence-corrected chi connectivity index (χ3v) is 4.07. The molecule has 0 spiro atoms. The van der Waals surface area contributed by atoms with Gasteiger partial charge in [0, 0.05) is 23.7 Å². The zero-order valence-corrected chi connectivity index (χ0v) is 14.5. The molecule has 0 saturated heterocycles. The van der Waals surface area contributed by atoms with Gasteiger partial charge in [0.05, 0.1) is 10.6 Å². The maximum Gasteiger partial charge on any atom is 0.281 e. The number of hydrogen-bond donors (Lipinski definition) is 1. The van der Waals surface area contributed by atoms with Crippen LogP contribution in [0, 0.1) is 28.4 Å². The van der Waals surface area contributed by atoms with Gasteiger partial charge in [-0.1, -0.05) is 6.92 Å². The van der Waals surface area contributed by atoms with Crippen molar-refractivity contribution in [3.8, 4) is 11.9 Å². The van der Waals surface area contributed by atoms with Crippen molar-refractivity contribution in [2.75, 3.05) is 0 Å². The Kier molecular flexibility index (Phi) is 5.47. The van der Waals surface area contributed by atoms with Crippen LogP contribution < -0.4 is 5.56 Å². The van der Waals surface area contributed by atoms with Crippen LogP contribution in [0.5, 0.6) is 5.88 Å². The van der Waals surface area contributed by atoms with E-state index in [0.29, 0.717) is 12.1 Å². The van der Waals surface area contributed by atoms with Gasteiger partial charge in [-0.2, -0.15) is 10.4 Å². The molecule has 1 N–H and O–H groups in total. The third-order valence-electron chi connectivity index (χ3n) is 4.07. The minimum Gasteiger partial charge on any atom is -0.493 e. The van der Waals surface area contributed by atoms with Gasteiger partial charge in [0.1, 0.15) is 11.6 Å². The second kappa shape index (κ2) is 7.57. The Labute approximate surface area is 149 Å². The first-order valence-electron chi connectivity index (χ1n) is 7.86. The Morgan fingerprint density at radius 3 is 2.46 bits per heavy atom. The Morgan fingerprint density at radius 2 is 1.96 bits per heavy atom. The minimum atomic E-state index is -0.556. The van der Waals surface area contributed by atoms with Crippen LogP contribution in [0.25, 0.3) is 0 Å². The van der Waals surface area contributed by atoms with Gasteiger partial charge in [0.15, 0.2) is 5.69 Å². The highest BCUT2D eigenvalue weighted by atomic mass is 16.6. The topological polar surface area (TPSA) is 134 Å². The number of nitrogens with zero attached hydrogens (tertiary/aromatic N) is 5. The number of aromatic nitrogens is 1. The van der Waals surface area contributed by atoms with Gasteiger partial charge >= 0.3 is 0 Å². The fraction of sp³-hybridized carbons (Fsp3) is 0.294. The maximum absolute atomic E-state index is 12.7. The summed E-state index contributed by atoms with van der Waals surface area (Å²) in [5.74, 6) is -0.390. The first kappa shape index (κ1) is 18.8. The Bertz CT molecular complexity index is 971. The quantitative estimate of drug-likeness (QED) is 0.491. The van der Waals surface area contributed by atoms with Crippen LogP contribution in [0.15, 0.2) is 39.3 Å². The fourth-order valence-corrected chi connectivity index (χ4v) is 2.37. The zero-order valence-electron chi connectivity index (χ0n) is 14.5. The molecular weight excluding hydrogens is 338 g/mol. The lowest BCUT2D eigenvalue weighted by Gasteiger charge is -2.17. The summed E-state index contributed by atoms with van der Waals surface area (Å²) in [6.07, 6.45) is 0.570. The number of aromatic hydroxyl groups is 1. The predicted molar refractivity (Wildman–Crippen MR) is 94.1 cm³/mol. The maximum atomic E-state index is 12.7. The molecule has 2 rings (SSSR count). The standard InChI is InChI=1S/C17H17N5O4/c1-4-10(2)21-16(23)14(9-18)11(3)15(17(21)24)20-19-12-5-7-13(8-6-12)22(25)26/h5-8,10,23H,4H2,1-3H3. The molecule has 0 aliphatic heterocycles.